The summed E-state index contributed by atoms with van der Waals surface area (Å²) in [5.74, 6) is -0.975. The van der Waals surface area contributed by atoms with E-state index in [2.05, 4.69) is 13.4 Å². The summed E-state index contributed by atoms with van der Waals surface area (Å²) in [7, 11) is -11.6. The number of ether oxygens (including phenoxy) is 2. The maximum atomic E-state index is 12.0. The first-order valence-electron chi connectivity index (χ1n) is 9.66. The minimum absolute atomic E-state index is 0.706. The van der Waals surface area contributed by atoms with E-state index in [1.807, 2.05) is 4.98 Å². The standard InChI is InChI=1S/C15H22N2O16P2/c1-5-8(19)10(21)12(23)14(30-5)32-35(27,28)33-34(25,26)29-4-6-9(20)11(22)13(31-6)17-3-2-7(18)16-15(17)24/h2-3,5-6,9-14,20-23H,4H2,1H3,(H,25,26)(H,27,28)(H,16,18,24)/p-2/t5-,6-,9-,10+,11-,12-,13-,14?/m1/s1. The van der Waals surface area contributed by atoms with E-state index in [0.29, 0.717) is 4.57 Å². The molecule has 0 aliphatic carbocycles. The molecular weight excluding hydrogens is 526 g/mol. The van der Waals surface area contributed by atoms with Gasteiger partial charge in [0.25, 0.3) is 21.2 Å². The van der Waals surface area contributed by atoms with Crippen LogP contribution in [0.3, 0.4) is 0 Å². The van der Waals surface area contributed by atoms with Crippen LogP contribution in [0.15, 0.2) is 21.9 Å². The number of hydrogen-bond acceptors (Lipinski definition) is 16. The molecule has 0 amide bonds. The van der Waals surface area contributed by atoms with Gasteiger partial charge in [-0.3, -0.25) is 32.8 Å². The Balaban J connectivity index is 1.61. The topological polar surface area (TPSA) is 279 Å². The summed E-state index contributed by atoms with van der Waals surface area (Å²) in [5.41, 5.74) is -1.76. The summed E-state index contributed by atoms with van der Waals surface area (Å²) >= 11 is 0. The van der Waals surface area contributed by atoms with Crippen LogP contribution in [0.25, 0.3) is 0 Å². The molecule has 3 unspecified atom stereocenters. The van der Waals surface area contributed by atoms with Gasteiger partial charge in [-0.05, 0) is 6.92 Å². The Hall–Kier alpha value is -1.63. The van der Waals surface area contributed by atoms with Gasteiger partial charge in [0, 0.05) is 12.3 Å². The number of phosphoric ester groups is 2. The van der Waals surface area contributed by atoms with Crippen molar-refractivity contribution in [1.29, 1.82) is 0 Å². The third kappa shape index (κ3) is 6.39. The van der Waals surface area contributed by atoms with Gasteiger partial charge in [-0.1, -0.05) is 0 Å². The third-order valence-corrected chi connectivity index (χ3v) is 7.46. The number of Topliss-reactive ketones (excluding diaryl/α,β-unsaturated/α-hetero) is 1. The number of aliphatic hydroxyl groups is 4. The molecule has 1 aromatic rings. The van der Waals surface area contributed by atoms with Crippen LogP contribution >= 0.6 is 15.6 Å². The van der Waals surface area contributed by atoms with Crippen molar-refractivity contribution in [1.82, 2.24) is 9.55 Å². The first kappa shape index (κ1) is 27.9. The molecule has 0 bridgehead atoms. The zero-order valence-electron chi connectivity index (χ0n) is 17.5. The van der Waals surface area contributed by atoms with Crippen molar-refractivity contribution in [2.24, 2.45) is 0 Å². The van der Waals surface area contributed by atoms with Gasteiger partial charge < -0.3 is 44.2 Å². The van der Waals surface area contributed by atoms with Crippen LogP contribution in [0.2, 0.25) is 0 Å². The fourth-order valence-corrected chi connectivity index (χ4v) is 5.26. The van der Waals surface area contributed by atoms with E-state index in [1.165, 1.54) is 0 Å². The number of ketones is 1. The van der Waals surface area contributed by atoms with Gasteiger partial charge in [-0.15, -0.1) is 0 Å². The fourth-order valence-electron chi connectivity index (χ4n) is 3.18. The average Bonchev–Trinajstić information content (AvgIpc) is 3.02. The quantitative estimate of drug-likeness (QED) is 0.191. The minimum Gasteiger partial charge on any atom is -0.756 e. The van der Waals surface area contributed by atoms with Gasteiger partial charge in [-0.25, -0.2) is 9.11 Å². The molecule has 35 heavy (non-hydrogen) atoms. The number of carbonyl (C=O) groups excluding carboxylic acids is 1. The van der Waals surface area contributed by atoms with Crippen molar-refractivity contribution in [3.05, 3.63) is 33.1 Å². The largest absolute Gasteiger partial charge is 0.756 e. The molecule has 2 fully saturated rings. The SMILES string of the molecule is C[C@H]1OC(OP(=O)([O-])OP(=O)([O-])OC[C@H]2O[C@@H](n3ccc(=O)[nH]c3=O)[C@H](O)[C@@H]2O)[C@H](O)[C@@H](O)C1=O. The lowest BCUT2D eigenvalue weighted by atomic mass is 10.0. The Morgan fingerprint density at radius 2 is 1.71 bits per heavy atom. The van der Waals surface area contributed by atoms with Gasteiger partial charge >= 0.3 is 5.69 Å². The van der Waals surface area contributed by atoms with Crippen LogP contribution in [0.4, 0.5) is 0 Å². The van der Waals surface area contributed by atoms with E-state index in [1.54, 1.807) is 0 Å². The normalized spacial score (nSPS) is 37.1. The maximum Gasteiger partial charge on any atom is 0.330 e. The molecule has 198 valence electrons. The summed E-state index contributed by atoms with van der Waals surface area (Å²) in [4.78, 5) is 60.3. The molecule has 0 aromatic carbocycles. The molecule has 20 heteroatoms. The maximum absolute atomic E-state index is 12.0. The Morgan fingerprint density at radius 3 is 2.34 bits per heavy atom. The summed E-state index contributed by atoms with van der Waals surface area (Å²) in [6, 6.07) is 0.918. The molecule has 3 heterocycles. The van der Waals surface area contributed by atoms with E-state index in [-0.39, 0.29) is 0 Å². The lowest BCUT2D eigenvalue weighted by Gasteiger charge is -2.38. The minimum atomic E-state index is -5.84. The number of nitrogens with zero attached hydrogens (tertiary/aromatic N) is 1. The number of nitrogens with one attached hydrogen (secondary N) is 1. The Labute approximate surface area is 194 Å². The predicted octanol–water partition coefficient (Wildman–Crippen LogP) is -4.82. The first-order chi connectivity index (χ1) is 16.1. The van der Waals surface area contributed by atoms with E-state index in [0.717, 1.165) is 19.2 Å². The highest BCUT2D eigenvalue weighted by Crippen LogP contribution is 2.56. The molecule has 0 saturated carbocycles. The second-order valence-corrected chi connectivity index (χ2v) is 10.3. The van der Waals surface area contributed by atoms with Crippen molar-refractivity contribution >= 4 is 21.4 Å². The van der Waals surface area contributed by atoms with Crippen LogP contribution in [0, 0.1) is 0 Å². The van der Waals surface area contributed by atoms with E-state index in [9.17, 15) is 53.7 Å². The number of aromatic nitrogens is 2. The molecule has 2 aliphatic rings. The third-order valence-electron chi connectivity index (χ3n) is 4.93. The van der Waals surface area contributed by atoms with Gasteiger partial charge in [-0.2, -0.15) is 0 Å². The lowest BCUT2D eigenvalue weighted by molar-refractivity contribution is -0.276. The fraction of sp³-hybridized carbons (Fsp3) is 0.667. The van der Waals surface area contributed by atoms with Crippen LogP contribution in [-0.2, 0) is 36.8 Å². The van der Waals surface area contributed by atoms with Crippen molar-refractivity contribution < 1.29 is 67.0 Å². The highest BCUT2D eigenvalue weighted by molar-refractivity contribution is 7.59. The van der Waals surface area contributed by atoms with Gasteiger partial charge in [0.2, 0.25) is 0 Å². The second kappa shape index (κ2) is 10.4. The van der Waals surface area contributed by atoms with Crippen LogP contribution in [-0.4, -0.2) is 85.3 Å². The molecule has 10 atom stereocenters. The van der Waals surface area contributed by atoms with Crippen molar-refractivity contribution in [2.45, 2.75) is 56.1 Å². The predicted molar refractivity (Wildman–Crippen MR) is 102 cm³/mol. The zero-order chi connectivity index (χ0) is 26.3. The summed E-state index contributed by atoms with van der Waals surface area (Å²) < 4.78 is 47.1. The smallest absolute Gasteiger partial charge is 0.330 e. The molecule has 1 aromatic heterocycles. The Morgan fingerprint density at radius 1 is 1.06 bits per heavy atom. The molecule has 3 rings (SSSR count). The van der Waals surface area contributed by atoms with E-state index in [4.69, 9.17) is 9.47 Å². The second-order valence-electron chi connectivity index (χ2n) is 7.43. The lowest BCUT2D eigenvalue weighted by Crippen LogP contribution is -2.54. The number of H-pyrrole nitrogens is 1. The van der Waals surface area contributed by atoms with Crippen LogP contribution in [0.5, 0.6) is 0 Å². The molecule has 2 saturated heterocycles. The molecule has 5 N–H and O–H groups in total. The molecule has 0 radical (unpaired) electrons. The average molecular weight is 546 g/mol. The van der Waals surface area contributed by atoms with E-state index >= 15 is 0 Å². The number of carbonyl (C=O) groups is 1. The number of aliphatic hydroxyl groups excluding tert-OH is 4. The number of hydrogen-bond donors (Lipinski definition) is 5. The Kier molecular flexibility index (Phi) is 8.30. The molecule has 2 aliphatic heterocycles. The van der Waals surface area contributed by atoms with Crippen molar-refractivity contribution in [2.75, 3.05) is 6.61 Å². The monoisotopic (exact) mass is 546 g/mol. The summed E-state index contributed by atoms with van der Waals surface area (Å²) in [6.45, 7) is 0.0160. The molecule has 18 nitrogen and oxygen atoms in total. The summed E-state index contributed by atoms with van der Waals surface area (Å²) in [6.07, 6.45) is -13.7. The number of aromatic amines is 1. The number of phosphoric acid groups is 2. The Bertz CT molecular complexity index is 1150. The van der Waals surface area contributed by atoms with Crippen molar-refractivity contribution in [3.8, 4) is 0 Å². The highest BCUT2D eigenvalue weighted by atomic mass is 31.3. The van der Waals surface area contributed by atoms with E-state index < -0.39 is 88.4 Å². The van der Waals surface area contributed by atoms with Gasteiger partial charge in [0.1, 0.15) is 36.6 Å². The molecule has 0 spiro atoms. The highest BCUT2D eigenvalue weighted by Gasteiger charge is 2.46. The van der Waals surface area contributed by atoms with Crippen LogP contribution < -0.4 is 21.0 Å². The van der Waals surface area contributed by atoms with Crippen molar-refractivity contribution in [3.63, 3.8) is 0 Å². The van der Waals surface area contributed by atoms with Crippen LogP contribution in [0.1, 0.15) is 13.2 Å². The van der Waals surface area contributed by atoms with Gasteiger partial charge in [0.05, 0.1) is 6.61 Å². The zero-order valence-corrected chi connectivity index (χ0v) is 19.3. The number of rotatable bonds is 8. The first-order valence-corrected chi connectivity index (χ1v) is 12.6. The summed E-state index contributed by atoms with van der Waals surface area (Å²) in [5, 5.41) is 39.5. The molecular formula is C15H20N2O16P2-2. The van der Waals surface area contributed by atoms with Gasteiger partial charge in [0.15, 0.2) is 18.3 Å².